The highest BCUT2D eigenvalue weighted by atomic mass is 31.1. The van der Waals surface area contributed by atoms with Crippen molar-refractivity contribution in [2.24, 2.45) is 5.92 Å². The van der Waals surface area contributed by atoms with E-state index in [4.69, 9.17) is 9.63 Å². The first kappa shape index (κ1) is 17.0. The zero-order valence-electron chi connectivity index (χ0n) is 13.0. The lowest BCUT2D eigenvalue weighted by Crippen LogP contribution is -2.38. The smallest absolute Gasteiger partial charge is 0.486 e. The second kappa shape index (κ2) is 7.34. The quantitative estimate of drug-likeness (QED) is 0.601. The number of benzene rings is 1. The van der Waals surface area contributed by atoms with Crippen LogP contribution in [0.1, 0.15) is 46.4 Å². The number of hydrogen-bond acceptors (Lipinski definition) is 5. The van der Waals surface area contributed by atoms with Crippen LogP contribution in [0.2, 0.25) is 0 Å². The molecule has 0 aromatic heterocycles. The van der Waals surface area contributed by atoms with Crippen molar-refractivity contribution in [3.63, 3.8) is 0 Å². The van der Waals surface area contributed by atoms with Crippen molar-refractivity contribution in [3.05, 3.63) is 47.2 Å². The Morgan fingerprint density at radius 3 is 2.50 bits per heavy atom. The van der Waals surface area contributed by atoms with Crippen LogP contribution >= 0.6 is 8.25 Å². The first-order valence-corrected chi connectivity index (χ1v) is 9.05. The molecule has 1 aromatic rings. The number of ketones is 2. The second-order valence-electron chi connectivity index (χ2n) is 5.85. The van der Waals surface area contributed by atoms with Gasteiger partial charge in [0.1, 0.15) is 6.61 Å². The number of unbranched alkanes of at least 4 members (excludes halogenated alkanes) is 2. The number of Topliss-reactive ketones (excluding diaryl/α,β-unsaturated/α-hetero) is 2. The van der Waals surface area contributed by atoms with Gasteiger partial charge in [0.15, 0.2) is 11.9 Å². The van der Waals surface area contributed by atoms with Gasteiger partial charge in [-0.05, 0) is 18.9 Å². The predicted molar refractivity (Wildman–Crippen MR) is 85.8 cm³/mol. The SMILES string of the molecule is O=C1c2ccccc2C(=O)C2OC(CCCCCO[P+](=O)O)=CC12. The Bertz CT molecular complexity index is 711. The lowest BCUT2D eigenvalue weighted by molar-refractivity contribution is 0.0535. The molecule has 1 heterocycles. The van der Waals surface area contributed by atoms with Crippen LogP contribution < -0.4 is 0 Å². The zero-order valence-corrected chi connectivity index (χ0v) is 13.9. The molecule has 3 unspecified atom stereocenters. The molecule has 0 bridgehead atoms. The van der Waals surface area contributed by atoms with Gasteiger partial charge in [-0.2, -0.15) is 0 Å². The van der Waals surface area contributed by atoms with Crippen molar-refractivity contribution in [2.75, 3.05) is 6.61 Å². The predicted octanol–water partition coefficient (Wildman–Crippen LogP) is 3.19. The Morgan fingerprint density at radius 2 is 1.79 bits per heavy atom. The summed E-state index contributed by atoms with van der Waals surface area (Å²) in [5.41, 5.74) is 0.911. The van der Waals surface area contributed by atoms with Crippen molar-refractivity contribution in [3.8, 4) is 0 Å². The highest BCUT2D eigenvalue weighted by molar-refractivity contribution is 7.32. The molecule has 3 atom stereocenters. The number of allylic oxidation sites excluding steroid dienone is 1. The summed E-state index contributed by atoms with van der Waals surface area (Å²) in [5, 5.41) is 0. The van der Waals surface area contributed by atoms with Crippen molar-refractivity contribution >= 4 is 19.8 Å². The molecule has 126 valence electrons. The minimum atomic E-state index is -2.53. The second-order valence-corrected chi connectivity index (χ2v) is 6.59. The van der Waals surface area contributed by atoms with Crippen LogP contribution in [0, 0.1) is 5.92 Å². The topological polar surface area (TPSA) is 89.9 Å². The van der Waals surface area contributed by atoms with Gasteiger partial charge in [-0.15, -0.1) is 9.42 Å². The fourth-order valence-electron chi connectivity index (χ4n) is 3.10. The van der Waals surface area contributed by atoms with Crippen molar-refractivity contribution in [2.45, 2.75) is 31.8 Å². The molecule has 7 heteroatoms. The van der Waals surface area contributed by atoms with Gasteiger partial charge in [0, 0.05) is 22.1 Å². The molecule has 0 amide bonds. The van der Waals surface area contributed by atoms with Crippen LogP contribution in [0.25, 0.3) is 0 Å². The van der Waals surface area contributed by atoms with E-state index in [0.717, 1.165) is 12.8 Å². The third-order valence-electron chi connectivity index (χ3n) is 4.26. The van der Waals surface area contributed by atoms with Crippen molar-refractivity contribution in [1.82, 2.24) is 0 Å². The van der Waals surface area contributed by atoms with Crippen LogP contribution in [-0.2, 0) is 13.8 Å². The number of rotatable bonds is 7. The standard InChI is InChI=1S/C17H17O6P/c18-15-12-7-3-4-8-13(12)16(19)17-14(15)10-11(23-17)6-2-1-5-9-22-24(20)21/h3-4,7-8,10,14,17H,1-2,5-6,9H2/p+1. The van der Waals surface area contributed by atoms with Gasteiger partial charge in [-0.1, -0.05) is 30.7 Å². The molecule has 0 radical (unpaired) electrons. The average molecular weight is 349 g/mol. The van der Waals surface area contributed by atoms with E-state index in [2.05, 4.69) is 4.52 Å². The number of fused-ring (bicyclic) bond motifs is 2. The largest absolute Gasteiger partial charge is 0.694 e. The molecule has 1 N–H and O–H groups in total. The van der Waals surface area contributed by atoms with E-state index in [1.165, 1.54) is 0 Å². The molecule has 0 spiro atoms. The summed E-state index contributed by atoms with van der Waals surface area (Å²) >= 11 is 0. The number of carbonyl (C=O) groups is 2. The monoisotopic (exact) mass is 349 g/mol. The molecule has 3 rings (SSSR count). The van der Waals surface area contributed by atoms with Gasteiger partial charge in [-0.3, -0.25) is 9.59 Å². The van der Waals surface area contributed by atoms with Crippen molar-refractivity contribution < 1.29 is 28.3 Å². The van der Waals surface area contributed by atoms with Gasteiger partial charge < -0.3 is 4.74 Å². The number of ether oxygens (including phenoxy) is 1. The summed E-state index contributed by atoms with van der Waals surface area (Å²) in [5.74, 6) is -0.0512. The van der Waals surface area contributed by atoms with E-state index in [9.17, 15) is 14.2 Å². The van der Waals surface area contributed by atoms with Crippen LogP contribution in [0.3, 0.4) is 0 Å². The van der Waals surface area contributed by atoms with Crippen LogP contribution in [0.4, 0.5) is 0 Å². The molecule has 2 aliphatic rings. The summed E-state index contributed by atoms with van der Waals surface area (Å²) in [6, 6.07) is 6.85. The van der Waals surface area contributed by atoms with Crippen molar-refractivity contribution in [1.29, 1.82) is 0 Å². The van der Waals surface area contributed by atoms with Gasteiger partial charge in [0.2, 0.25) is 5.78 Å². The minimum Gasteiger partial charge on any atom is -0.486 e. The maximum absolute atomic E-state index is 12.5. The van der Waals surface area contributed by atoms with Gasteiger partial charge in [-0.25, -0.2) is 0 Å². The van der Waals surface area contributed by atoms with Crippen LogP contribution in [0.5, 0.6) is 0 Å². The lowest BCUT2D eigenvalue weighted by Gasteiger charge is -2.24. The van der Waals surface area contributed by atoms with Gasteiger partial charge in [0.05, 0.1) is 11.7 Å². The number of hydrogen-bond donors (Lipinski definition) is 1. The Kier molecular flexibility index (Phi) is 5.19. The Morgan fingerprint density at radius 1 is 1.08 bits per heavy atom. The summed E-state index contributed by atoms with van der Waals surface area (Å²) in [6.45, 7) is 0.239. The third-order valence-corrected chi connectivity index (χ3v) is 4.66. The first-order chi connectivity index (χ1) is 11.6. The maximum atomic E-state index is 12.5. The lowest BCUT2D eigenvalue weighted by atomic mass is 9.80. The fourth-order valence-corrected chi connectivity index (χ4v) is 3.39. The summed E-state index contributed by atoms with van der Waals surface area (Å²) in [4.78, 5) is 33.5. The summed E-state index contributed by atoms with van der Waals surface area (Å²) < 4.78 is 20.7. The third kappa shape index (κ3) is 3.46. The molecule has 0 saturated carbocycles. The van der Waals surface area contributed by atoms with E-state index in [0.29, 0.717) is 29.7 Å². The molecule has 0 fully saturated rings. The van der Waals surface area contributed by atoms with Crippen LogP contribution in [0.15, 0.2) is 36.1 Å². The average Bonchev–Trinajstić information content (AvgIpc) is 3.00. The minimum absolute atomic E-state index is 0.0645. The highest BCUT2D eigenvalue weighted by Gasteiger charge is 2.45. The molecule has 24 heavy (non-hydrogen) atoms. The molecule has 6 nitrogen and oxygen atoms in total. The van der Waals surface area contributed by atoms with E-state index in [1.54, 1.807) is 30.3 Å². The Balaban J connectivity index is 1.56. The van der Waals surface area contributed by atoms with E-state index >= 15 is 0 Å². The molecule has 1 aromatic carbocycles. The molecular formula is C17H18O6P+. The van der Waals surface area contributed by atoms with Gasteiger partial charge in [0.25, 0.3) is 0 Å². The first-order valence-electron chi connectivity index (χ1n) is 7.92. The number of carbonyl (C=O) groups excluding carboxylic acids is 2. The normalized spacial score (nSPS) is 22.5. The Labute approximate surface area is 140 Å². The zero-order chi connectivity index (χ0) is 17.1. The van der Waals surface area contributed by atoms with E-state index < -0.39 is 20.3 Å². The molecule has 0 saturated heterocycles. The maximum Gasteiger partial charge on any atom is 0.694 e. The molecule has 1 aliphatic carbocycles. The van der Waals surface area contributed by atoms with E-state index in [-0.39, 0.29) is 18.2 Å². The fraction of sp³-hybridized carbons (Fsp3) is 0.412. The van der Waals surface area contributed by atoms with Crippen LogP contribution in [-0.4, -0.2) is 29.2 Å². The molecular weight excluding hydrogens is 331 g/mol. The van der Waals surface area contributed by atoms with E-state index in [1.807, 2.05) is 0 Å². The summed E-state index contributed by atoms with van der Waals surface area (Å²) in [7, 11) is -2.53. The van der Waals surface area contributed by atoms with Gasteiger partial charge >= 0.3 is 8.25 Å². The Hall–Kier alpha value is -1.88. The summed E-state index contributed by atoms with van der Waals surface area (Å²) in [6.07, 6.45) is 3.94. The highest BCUT2D eigenvalue weighted by Crippen LogP contribution is 2.36. The molecule has 1 aliphatic heterocycles.